The van der Waals surface area contributed by atoms with Crippen molar-refractivity contribution in [3.63, 3.8) is 0 Å². The summed E-state index contributed by atoms with van der Waals surface area (Å²) < 4.78 is 38.8. The maximum Gasteiger partial charge on any atom is 0.416 e. The summed E-state index contributed by atoms with van der Waals surface area (Å²) >= 11 is 0. The van der Waals surface area contributed by atoms with Gasteiger partial charge in [0.15, 0.2) is 0 Å². The molecule has 0 atom stereocenters. The number of hydrogen-bond acceptors (Lipinski definition) is 6. The lowest BCUT2D eigenvalue weighted by molar-refractivity contribution is -0.137. The fraction of sp³-hybridized carbons (Fsp3) is 0.143. The predicted octanol–water partition coefficient (Wildman–Crippen LogP) is 4.00. The van der Waals surface area contributed by atoms with Gasteiger partial charge in [0.25, 0.3) is 0 Å². The fourth-order valence-corrected chi connectivity index (χ4v) is 3.11. The van der Waals surface area contributed by atoms with Gasteiger partial charge in [-0.1, -0.05) is 24.3 Å². The number of pyridine rings is 1. The third-order valence-electron chi connectivity index (χ3n) is 4.50. The van der Waals surface area contributed by atoms with Crippen molar-refractivity contribution in [3.8, 4) is 22.9 Å². The Bertz CT molecular complexity index is 1120. The highest BCUT2D eigenvalue weighted by atomic mass is 19.4. The second kappa shape index (κ2) is 8.31. The number of alkyl halides is 3. The Morgan fingerprint density at radius 3 is 2.50 bits per heavy atom. The summed E-state index contributed by atoms with van der Waals surface area (Å²) in [5, 5.41) is 22.5. The molecule has 1 aromatic heterocycles. The molecule has 0 radical (unpaired) electrons. The van der Waals surface area contributed by atoms with E-state index in [0.717, 1.165) is 12.1 Å². The number of benzene rings is 2. The Hall–Kier alpha value is -3.77. The van der Waals surface area contributed by atoms with E-state index < -0.39 is 11.7 Å². The highest BCUT2D eigenvalue weighted by molar-refractivity contribution is 5.83. The average Bonchev–Trinajstić information content (AvgIpc) is 2.71. The van der Waals surface area contributed by atoms with Crippen LogP contribution in [0, 0.1) is 11.3 Å². The van der Waals surface area contributed by atoms with Crippen molar-refractivity contribution in [3.05, 3.63) is 70.8 Å². The second-order valence-electron chi connectivity index (χ2n) is 6.49. The lowest BCUT2D eigenvalue weighted by Gasteiger charge is -2.17. The molecule has 3 aromatic rings. The van der Waals surface area contributed by atoms with Gasteiger partial charge in [-0.15, -0.1) is 0 Å². The van der Waals surface area contributed by atoms with Crippen LogP contribution in [0.5, 0.6) is 5.75 Å². The SMILES string of the molecule is N#Cc1c(NCc2cccc(C(F)(F)F)c2)nc(N)c(CN)c1-c1cccc(O)c1. The molecule has 0 unspecified atom stereocenters. The number of phenolic OH excluding ortho intramolecular Hbond substituents is 1. The van der Waals surface area contributed by atoms with Crippen LogP contribution in [0.3, 0.4) is 0 Å². The summed E-state index contributed by atoms with van der Waals surface area (Å²) in [5.74, 6) is 0.192. The first-order valence-corrected chi connectivity index (χ1v) is 8.86. The van der Waals surface area contributed by atoms with Crippen LogP contribution in [0.1, 0.15) is 22.3 Å². The molecule has 0 fully saturated rings. The van der Waals surface area contributed by atoms with E-state index in [0.29, 0.717) is 22.3 Å². The third-order valence-corrected chi connectivity index (χ3v) is 4.50. The minimum atomic E-state index is -4.46. The quantitative estimate of drug-likeness (QED) is 0.502. The molecular weight excluding hydrogens is 395 g/mol. The highest BCUT2D eigenvalue weighted by Gasteiger charge is 2.30. The highest BCUT2D eigenvalue weighted by Crippen LogP contribution is 2.36. The summed E-state index contributed by atoms with van der Waals surface area (Å²) in [6.45, 7) is -0.00109. The van der Waals surface area contributed by atoms with E-state index in [1.165, 1.54) is 24.3 Å². The van der Waals surface area contributed by atoms with Crippen molar-refractivity contribution in [2.75, 3.05) is 11.1 Å². The van der Waals surface area contributed by atoms with Crippen LogP contribution in [-0.4, -0.2) is 10.1 Å². The first-order chi connectivity index (χ1) is 14.2. The van der Waals surface area contributed by atoms with Crippen molar-refractivity contribution in [1.82, 2.24) is 4.98 Å². The molecule has 0 bridgehead atoms. The van der Waals surface area contributed by atoms with Crippen molar-refractivity contribution >= 4 is 11.6 Å². The zero-order valence-corrected chi connectivity index (χ0v) is 15.7. The average molecular weight is 413 g/mol. The van der Waals surface area contributed by atoms with Gasteiger partial charge in [-0.05, 0) is 35.4 Å². The van der Waals surface area contributed by atoms with Gasteiger partial charge in [0.05, 0.1) is 5.56 Å². The zero-order chi connectivity index (χ0) is 21.9. The summed E-state index contributed by atoms with van der Waals surface area (Å²) in [5.41, 5.74) is 12.9. The molecule has 6 nitrogen and oxygen atoms in total. The normalized spacial score (nSPS) is 11.2. The number of halogens is 3. The van der Waals surface area contributed by atoms with E-state index in [2.05, 4.69) is 16.4 Å². The van der Waals surface area contributed by atoms with Gasteiger partial charge in [-0.25, -0.2) is 4.98 Å². The van der Waals surface area contributed by atoms with Crippen LogP contribution in [0.25, 0.3) is 11.1 Å². The Kier molecular flexibility index (Phi) is 5.80. The first-order valence-electron chi connectivity index (χ1n) is 8.86. The van der Waals surface area contributed by atoms with Gasteiger partial charge in [-0.3, -0.25) is 0 Å². The van der Waals surface area contributed by atoms with Crippen molar-refractivity contribution in [2.45, 2.75) is 19.3 Å². The number of rotatable bonds is 5. The molecule has 9 heteroatoms. The Balaban J connectivity index is 2.03. The molecule has 154 valence electrons. The number of nitrogen functional groups attached to an aromatic ring is 1. The number of aromatic hydroxyl groups is 1. The van der Waals surface area contributed by atoms with Crippen molar-refractivity contribution < 1.29 is 18.3 Å². The number of nitrogens with two attached hydrogens (primary N) is 2. The van der Waals surface area contributed by atoms with Crippen LogP contribution in [0.2, 0.25) is 0 Å². The van der Waals surface area contributed by atoms with Gasteiger partial charge in [0, 0.05) is 24.2 Å². The minimum absolute atomic E-state index is 0.00628. The predicted molar refractivity (Wildman–Crippen MR) is 107 cm³/mol. The molecule has 0 aliphatic heterocycles. The number of hydrogen-bond donors (Lipinski definition) is 4. The summed E-state index contributed by atoms with van der Waals surface area (Å²) in [7, 11) is 0. The number of anilines is 2. The molecule has 0 saturated carbocycles. The fourth-order valence-electron chi connectivity index (χ4n) is 3.11. The monoisotopic (exact) mass is 413 g/mol. The van der Waals surface area contributed by atoms with E-state index in [-0.39, 0.29) is 36.0 Å². The Labute approximate surface area is 170 Å². The molecule has 0 spiro atoms. The Morgan fingerprint density at radius 1 is 1.13 bits per heavy atom. The summed E-state index contributed by atoms with van der Waals surface area (Å²) in [6, 6.07) is 13.1. The number of nitrogens with one attached hydrogen (secondary N) is 1. The summed E-state index contributed by atoms with van der Waals surface area (Å²) in [4.78, 5) is 4.19. The number of aromatic nitrogens is 1. The molecule has 6 N–H and O–H groups in total. The molecule has 0 aliphatic rings. The maximum absolute atomic E-state index is 12.9. The molecule has 0 amide bonds. The standard InChI is InChI=1S/C21H18F3N5O/c22-21(23,24)14-5-1-3-12(7-14)11-28-20-17(10-26)18(16(9-25)19(27)29-20)13-4-2-6-15(30)8-13/h1-8,30H,9,11,25H2,(H3,27,28,29). The molecule has 2 aromatic carbocycles. The van der Waals surface area contributed by atoms with Crippen molar-refractivity contribution in [2.24, 2.45) is 5.73 Å². The lowest BCUT2D eigenvalue weighted by Crippen LogP contribution is -2.12. The lowest BCUT2D eigenvalue weighted by atomic mass is 9.95. The molecule has 3 rings (SSSR count). The van der Waals surface area contributed by atoms with Gasteiger partial charge in [-0.2, -0.15) is 18.4 Å². The van der Waals surface area contributed by atoms with Gasteiger partial charge < -0.3 is 21.9 Å². The molecule has 1 heterocycles. The van der Waals surface area contributed by atoms with Crippen LogP contribution >= 0.6 is 0 Å². The van der Waals surface area contributed by atoms with Crippen LogP contribution < -0.4 is 16.8 Å². The number of nitrogens with zero attached hydrogens (tertiary/aromatic N) is 2. The maximum atomic E-state index is 12.9. The van der Waals surface area contributed by atoms with Gasteiger partial charge in [0.1, 0.15) is 29.0 Å². The largest absolute Gasteiger partial charge is 0.508 e. The topological polar surface area (TPSA) is 121 Å². The molecular formula is C21H18F3N5O. The van der Waals surface area contributed by atoms with Gasteiger partial charge >= 0.3 is 6.18 Å². The third kappa shape index (κ3) is 4.29. The minimum Gasteiger partial charge on any atom is -0.508 e. The molecule has 30 heavy (non-hydrogen) atoms. The first kappa shape index (κ1) is 21.0. The number of phenols is 1. The molecule has 0 saturated heterocycles. The molecule has 0 aliphatic carbocycles. The van der Waals surface area contributed by atoms with Crippen molar-refractivity contribution in [1.29, 1.82) is 5.26 Å². The van der Waals surface area contributed by atoms with Gasteiger partial charge in [0.2, 0.25) is 0 Å². The zero-order valence-electron chi connectivity index (χ0n) is 15.7. The van der Waals surface area contributed by atoms with E-state index in [1.54, 1.807) is 12.1 Å². The van der Waals surface area contributed by atoms with E-state index >= 15 is 0 Å². The summed E-state index contributed by atoms with van der Waals surface area (Å²) in [6.07, 6.45) is -4.46. The van der Waals surface area contributed by atoms with E-state index in [1.807, 2.05) is 0 Å². The second-order valence-corrected chi connectivity index (χ2v) is 6.49. The van der Waals surface area contributed by atoms with Crippen LogP contribution in [0.4, 0.5) is 24.8 Å². The van der Waals surface area contributed by atoms with Crippen LogP contribution in [0.15, 0.2) is 48.5 Å². The smallest absolute Gasteiger partial charge is 0.416 e. The van der Waals surface area contributed by atoms with E-state index in [9.17, 15) is 23.5 Å². The Morgan fingerprint density at radius 2 is 1.87 bits per heavy atom. The number of nitriles is 1. The van der Waals surface area contributed by atoms with E-state index in [4.69, 9.17) is 11.5 Å². The van der Waals surface area contributed by atoms with Crippen LogP contribution in [-0.2, 0) is 19.3 Å².